The Labute approximate surface area is 116 Å². The van der Waals surface area contributed by atoms with Gasteiger partial charge in [0, 0.05) is 6.42 Å². The summed E-state index contributed by atoms with van der Waals surface area (Å²) in [5.41, 5.74) is 7.18. The lowest BCUT2D eigenvalue weighted by molar-refractivity contribution is 0.975. The van der Waals surface area contributed by atoms with E-state index in [0.29, 0.717) is 17.8 Å². The number of hydrogen-bond donors (Lipinski definition) is 1. The first-order valence-electron chi connectivity index (χ1n) is 6.26. The standard InChI is InChI=1S/C16H12N4/c17-9-13-10-19-15(20-16(13)18)8-12-6-3-5-11-4-1-2-7-14(11)12/h1-7,10H,8H2,(H2,18,19,20). The lowest BCUT2D eigenvalue weighted by atomic mass is 10.0. The Morgan fingerprint density at radius 2 is 1.90 bits per heavy atom. The van der Waals surface area contributed by atoms with E-state index < -0.39 is 0 Å². The smallest absolute Gasteiger partial charge is 0.145 e. The summed E-state index contributed by atoms with van der Waals surface area (Å²) >= 11 is 0. The first-order chi connectivity index (χ1) is 9.78. The van der Waals surface area contributed by atoms with Crippen LogP contribution in [0.5, 0.6) is 0 Å². The second-order valence-electron chi connectivity index (χ2n) is 4.51. The summed E-state index contributed by atoms with van der Waals surface area (Å²) in [6.45, 7) is 0. The van der Waals surface area contributed by atoms with Gasteiger partial charge in [-0.2, -0.15) is 5.26 Å². The minimum atomic E-state index is 0.234. The Hall–Kier alpha value is -2.93. The van der Waals surface area contributed by atoms with Crippen LogP contribution < -0.4 is 5.73 Å². The van der Waals surface area contributed by atoms with Crippen molar-refractivity contribution in [3.05, 3.63) is 65.6 Å². The summed E-state index contributed by atoms with van der Waals surface area (Å²) in [6, 6.07) is 16.3. The molecule has 1 heterocycles. The summed E-state index contributed by atoms with van der Waals surface area (Å²) in [4.78, 5) is 8.39. The maximum Gasteiger partial charge on any atom is 0.145 e. The predicted molar refractivity (Wildman–Crippen MR) is 77.9 cm³/mol. The van der Waals surface area contributed by atoms with Crippen LogP contribution in [0.25, 0.3) is 10.8 Å². The van der Waals surface area contributed by atoms with Crippen molar-refractivity contribution in [2.75, 3.05) is 5.73 Å². The molecule has 0 aliphatic rings. The zero-order valence-corrected chi connectivity index (χ0v) is 10.7. The Morgan fingerprint density at radius 3 is 2.70 bits per heavy atom. The van der Waals surface area contributed by atoms with Crippen molar-refractivity contribution in [2.45, 2.75) is 6.42 Å². The van der Waals surface area contributed by atoms with Gasteiger partial charge in [0.25, 0.3) is 0 Å². The van der Waals surface area contributed by atoms with Crippen LogP contribution in [-0.4, -0.2) is 9.97 Å². The fourth-order valence-corrected chi connectivity index (χ4v) is 2.22. The maximum absolute atomic E-state index is 8.83. The highest BCUT2D eigenvalue weighted by Crippen LogP contribution is 2.20. The van der Waals surface area contributed by atoms with Crippen molar-refractivity contribution in [1.82, 2.24) is 9.97 Å². The van der Waals surface area contributed by atoms with Gasteiger partial charge in [-0.25, -0.2) is 9.97 Å². The molecule has 3 aromatic rings. The van der Waals surface area contributed by atoms with Crippen molar-refractivity contribution < 1.29 is 0 Å². The summed E-state index contributed by atoms with van der Waals surface area (Å²) in [6.07, 6.45) is 2.07. The summed E-state index contributed by atoms with van der Waals surface area (Å²) in [5.74, 6) is 0.857. The van der Waals surface area contributed by atoms with Crippen LogP contribution in [0.4, 0.5) is 5.82 Å². The number of rotatable bonds is 2. The van der Waals surface area contributed by atoms with E-state index in [0.717, 1.165) is 5.56 Å². The molecule has 3 rings (SSSR count). The summed E-state index contributed by atoms with van der Waals surface area (Å²) in [5, 5.41) is 11.2. The molecule has 0 fully saturated rings. The van der Waals surface area contributed by atoms with E-state index in [4.69, 9.17) is 11.0 Å². The van der Waals surface area contributed by atoms with Gasteiger partial charge in [0.1, 0.15) is 23.3 Å². The molecule has 0 unspecified atom stereocenters. The van der Waals surface area contributed by atoms with E-state index in [2.05, 4.69) is 34.2 Å². The van der Waals surface area contributed by atoms with Crippen molar-refractivity contribution >= 4 is 16.6 Å². The number of fused-ring (bicyclic) bond motifs is 1. The van der Waals surface area contributed by atoms with Gasteiger partial charge in [-0.05, 0) is 16.3 Å². The Balaban J connectivity index is 2.02. The highest BCUT2D eigenvalue weighted by Gasteiger charge is 2.06. The maximum atomic E-state index is 8.83. The lowest BCUT2D eigenvalue weighted by Crippen LogP contribution is -2.03. The van der Waals surface area contributed by atoms with Crippen molar-refractivity contribution in [3.63, 3.8) is 0 Å². The molecule has 0 saturated heterocycles. The molecular weight excluding hydrogens is 248 g/mol. The number of nitrogens with zero attached hydrogens (tertiary/aromatic N) is 3. The van der Waals surface area contributed by atoms with Gasteiger partial charge in [-0.3, -0.25) is 0 Å². The second-order valence-corrected chi connectivity index (χ2v) is 4.51. The monoisotopic (exact) mass is 260 g/mol. The van der Waals surface area contributed by atoms with E-state index in [1.54, 1.807) is 0 Å². The van der Waals surface area contributed by atoms with E-state index in [1.165, 1.54) is 17.0 Å². The number of nitriles is 1. The minimum absolute atomic E-state index is 0.234. The normalized spacial score (nSPS) is 10.3. The van der Waals surface area contributed by atoms with E-state index in [1.807, 2.05) is 24.3 Å². The fourth-order valence-electron chi connectivity index (χ4n) is 2.22. The highest BCUT2D eigenvalue weighted by atomic mass is 14.9. The SMILES string of the molecule is N#Cc1cnc(Cc2cccc3ccccc23)nc1N. The molecule has 0 saturated carbocycles. The van der Waals surface area contributed by atoms with E-state index in [9.17, 15) is 0 Å². The van der Waals surface area contributed by atoms with Gasteiger partial charge in [-0.15, -0.1) is 0 Å². The first kappa shape index (κ1) is 12.1. The average Bonchev–Trinajstić information content (AvgIpc) is 2.48. The number of nitrogen functional groups attached to an aromatic ring is 1. The van der Waals surface area contributed by atoms with Crippen LogP contribution in [0.15, 0.2) is 48.7 Å². The van der Waals surface area contributed by atoms with Gasteiger partial charge >= 0.3 is 0 Å². The number of nitrogens with two attached hydrogens (primary N) is 1. The molecule has 0 radical (unpaired) electrons. The molecule has 0 amide bonds. The van der Waals surface area contributed by atoms with E-state index in [-0.39, 0.29) is 5.82 Å². The molecule has 0 aliphatic heterocycles. The highest BCUT2D eigenvalue weighted by molar-refractivity contribution is 5.85. The first-order valence-corrected chi connectivity index (χ1v) is 6.26. The second kappa shape index (κ2) is 4.98. The average molecular weight is 260 g/mol. The Morgan fingerprint density at radius 1 is 1.10 bits per heavy atom. The third-order valence-electron chi connectivity index (χ3n) is 3.22. The van der Waals surface area contributed by atoms with Gasteiger partial charge in [0.05, 0.1) is 6.20 Å². The van der Waals surface area contributed by atoms with E-state index >= 15 is 0 Å². The summed E-state index contributed by atoms with van der Waals surface area (Å²) in [7, 11) is 0. The van der Waals surface area contributed by atoms with Crippen LogP contribution in [0.3, 0.4) is 0 Å². The Kier molecular flexibility index (Phi) is 3.02. The molecule has 0 spiro atoms. The van der Waals surface area contributed by atoms with Gasteiger partial charge < -0.3 is 5.73 Å². The van der Waals surface area contributed by atoms with Crippen LogP contribution in [0, 0.1) is 11.3 Å². The molecule has 2 N–H and O–H groups in total. The molecule has 0 atom stereocenters. The molecule has 4 heteroatoms. The minimum Gasteiger partial charge on any atom is -0.382 e. The molecule has 1 aromatic heterocycles. The Bertz CT molecular complexity index is 813. The zero-order chi connectivity index (χ0) is 13.9. The van der Waals surface area contributed by atoms with Crippen molar-refractivity contribution in [2.24, 2.45) is 0 Å². The van der Waals surface area contributed by atoms with Gasteiger partial charge in [0.15, 0.2) is 0 Å². The molecule has 0 bridgehead atoms. The lowest BCUT2D eigenvalue weighted by Gasteiger charge is -2.06. The number of anilines is 1. The molecular formula is C16H12N4. The van der Waals surface area contributed by atoms with Crippen LogP contribution in [0.2, 0.25) is 0 Å². The zero-order valence-electron chi connectivity index (χ0n) is 10.7. The molecule has 4 nitrogen and oxygen atoms in total. The quantitative estimate of drug-likeness (QED) is 0.768. The van der Waals surface area contributed by atoms with Gasteiger partial charge in [0.2, 0.25) is 0 Å². The number of hydrogen-bond acceptors (Lipinski definition) is 4. The van der Waals surface area contributed by atoms with Crippen molar-refractivity contribution in [1.29, 1.82) is 5.26 Å². The largest absolute Gasteiger partial charge is 0.382 e. The molecule has 2 aromatic carbocycles. The molecule has 0 aliphatic carbocycles. The molecule has 20 heavy (non-hydrogen) atoms. The van der Waals surface area contributed by atoms with Crippen LogP contribution in [0.1, 0.15) is 17.0 Å². The number of aromatic nitrogens is 2. The topological polar surface area (TPSA) is 75.6 Å². The number of benzene rings is 2. The summed E-state index contributed by atoms with van der Waals surface area (Å²) < 4.78 is 0. The third-order valence-corrected chi connectivity index (χ3v) is 3.22. The van der Waals surface area contributed by atoms with Crippen LogP contribution >= 0.6 is 0 Å². The fraction of sp³-hybridized carbons (Fsp3) is 0.0625. The van der Waals surface area contributed by atoms with Gasteiger partial charge in [-0.1, -0.05) is 42.5 Å². The van der Waals surface area contributed by atoms with Crippen LogP contribution in [-0.2, 0) is 6.42 Å². The molecule has 96 valence electrons. The third kappa shape index (κ3) is 2.17. The predicted octanol–water partition coefficient (Wildman–Crippen LogP) is 2.67. The van der Waals surface area contributed by atoms with Crippen molar-refractivity contribution in [3.8, 4) is 6.07 Å².